The maximum atomic E-state index is 5.44. The summed E-state index contributed by atoms with van der Waals surface area (Å²) in [5, 5.41) is 8.06. The largest absolute Gasteiger partial charge is 0.493 e. The fourth-order valence-electron chi connectivity index (χ4n) is 2.86. The molecule has 0 aliphatic carbocycles. The van der Waals surface area contributed by atoms with E-state index in [1.54, 1.807) is 14.2 Å². The number of benzene rings is 1. The van der Waals surface area contributed by atoms with E-state index in [0.717, 1.165) is 33.8 Å². The zero-order valence-electron chi connectivity index (χ0n) is 14.8. The summed E-state index contributed by atoms with van der Waals surface area (Å²) in [5.74, 6) is 1.45. The molecule has 0 atom stereocenters. The highest BCUT2D eigenvalue weighted by atomic mass is 16.5. The lowest BCUT2D eigenvalue weighted by atomic mass is 9.93. The predicted octanol–water partition coefficient (Wildman–Crippen LogP) is 4.01. The molecule has 5 heteroatoms. The van der Waals surface area contributed by atoms with Crippen molar-refractivity contribution in [3.63, 3.8) is 0 Å². The Hall–Kier alpha value is -2.69. The van der Waals surface area contributed by atoms with Gasteiger partial charge in [-0.3, -0.25) is 0 Å². The minimum Gasteiger partial charge on any atom is -0.493 e. The Labute approximate surface area is 142 Å². The zero-order valence-corrected chi connectivity index (χ0v) is 14.8. The van der Waals surface area contributed by atoms with Gasteiger partial charge in [0.05, 0.1) is 37.2 Å². The van der Waals surface area contributed by atoms with Crippen molar-refractivity contribution in [2.75, 3.05) is 19.5 Å². The lowest BCUT2D eigenvalue weighted by Gasteiger charge is -2.30. The van der Waals surface area contributed by atoms with Gasteiger partial charge in [0.25, 0.3) is 0 Å². The van der Waals surface area contributed by atoms with Crippen molar-refractivity contribution in [1.82, 2.24) is 9.61 Å². The molecule has 2 heterocycles. The van der Waals surface area contributed by atoms with E-state index in [0.29, 0.717) is 0 Å². The summed E-state index contributed by atoms with van der Waals surface area (Å²) >= 11 is 0. The Balaban J connectivity index is 2.01. The van der Waals surface area contributed by atoms with Gasteiger partial charge in [-0.15, -0.1) is 0 Å². The van der Waals surface area contributed by atoms with Gasteiger partial charge in [-0.05, 0) is 56.2 Å². The van der Waals surface area contributed by atoms with Crippen molar-refractivity contribution >= 4 is 11.2 Å². The number of nitrogens with zero attached hydrogens (tertiary/aromatic N) is 2. The van der Waals surface area contributed by atoms with Crippen LogP contribution in [-0.4, -0.2) is 23.8 Å². The molecule has 0 unspecified atom stereocenters. The van der Waals surface area contributed by atoms with Crippen LogP contribution in [0.4, 0.5) is 5.69 Å². The first-order valence-corrected chi connectivity index (χ1v) is 7.90. The highest BCUT2D eigenvalue weighted by Crippen LogP contribution is 2.35. The molecule has 126 valence electrons. The van der Waals surface area contributed by atoms with Crippen LogP contribution in [0.25, 0.3) is 5.52 Å². The Kier molecular flexibility index (Phi) is 4.09. The maximum Gasteiger partial charge on any atom is 0.161 e. The number of nitrogens with one attached hydrogen (secondary N) is 1. The topological polar surface area (TPSA) is 47.8 Å². The molecule has 5 nitrogen and oxygen atoms in total. The van der Waals surface area contributed by atoms with Crippen molar-refractivity contribution in [3.8, 4) is 11.5 Å². The van der Waals surface area contributed by atoms with Gasteiger partial charge >= 0.3 is 0 Å². The molecule has 1 aromatic carbocycles. The van der Waals surface area contributed by atoms with Gasteiger partial charge in [0.1, 0.15) is 0 Å². The minimum atomic E-state index is -0.295. The van der Waals surface area contributed by atoms with Gasteiger partial charge in [-0.2, -0.15) is 5.10 Å². The van der Waals surface area contributed by atoms with Crippen LogP contribution in [-0.2, 0) is 5.54 Å². The minimum absolute atomic E-state index is 0.295. The molecule has 24 heavy (non-hydrogen) atoms. The van der Waals surface area contributed by atoms with Crippen LogP contribution in [0.1, 0.15) is 25.0 Å². The van der Waals surface area contributed by atoms with E-state index in [1.807, 2.05) is 35.1 Å². The van der Waals surface area contributed by atoms with Crippen molar-refractivity contribution in [3.05, 3.63) is 53.9 Å². The number of hydrogen-bond donors (Lipinski definition) is 1. The standard InChI is InChI=1S/C19H23N3O2/c1-13-12-20-22-10-6-7-15(22)18(13)21-19(2,3)14-8-9-16(23-4)17(11-14)24-5/h6-12,21H,1-5H3. The summed E-state index contributed by atoms with van der Waals surface area (Å²) in [5.41, 5.74) is 4.06. The monoisotopic (exact) mass is 325 g/mol. The number of hydrogen-bond acceptors (Lipinski definition) is 4. The van der Waals surface area contributed by atoms with E-state index in [1.165, 1.54) is 0 Å². The number of fused-ring (bicyclic) bond motifs is 1. The summed E-state index contributed by atoms with van der Waals surface area (Å²) in [7, 11) is 3.30. The van der Waals surface area contributed by atoms with Crippen molar-refractivity contribution < 1.29 is 9.47 Å². The second-order valence-electron chi connectivity index (χ2n) is 6.36. The number of aromatic nitrogens is 2. The molecule has 0 aliphatic heterocycles. The fraction of sp³-hybridized carbons (Fsp3) is 0.316. The van der Waals surface area contributed by atoms with E-state index in [-0.39, 0.29) is 5.54 Å². The van der Waals surface area contributed by atoms with E-state index in [9.17, 15) is 0 Å². The molecular weight excluding hydrogens is 302 g/mol. The molecule has 0 fully saturated rings. The third-order valence-corrected chi connectivity index (χ3v) is 4.30. The first-order chi connectivity index (χ1) is 11.5. The first kappa shape index (κ1) is 16.2. The third kappa shape index (κ3) is 2.77. The first-order valence-electron chi connectivity index (χ1n) is 7.90. The fourth-order valence-corrected chi connectivity index (χ4v) is 2.86. The molecule has 2 aromatic heterocycles. The van der Waals surface area contributed by atoms with Crippen LogP contribution < -0.4 is 14.8 Å². The molecule has 1 N–H and O–H groups in total. The lowest BCUT2D eigenvalue weighted by molar-refractivity contribution is 0.353. The Morgan fingerprint density at radius 2 is 1.83 bits per heavy atom. The van der Waals surface area contributed by atoms with E-state index >= 15 is 0 Å². The SMILES string of the molecule is COc1ccc(C(C)(C)Nc2c(C)cnn3cccc23)cc1OC. The van der Waals surface area contributed by atoms with Crippen molar-refractivity contribution in [2.24, 2.45) is 0 Å². The number of aryl methyl sites for hydroxylation is 1. The van der Waals surface area contributed by atoms with Gasteiger partial charge in [0, 0.05) is 6.20 Å². The normalized spacial score (nSPS) is 11.5. The second-order valence-corrected chi connectivity index (χ2v) is 6.36. The summed E-state index contributed by atoms with van der Waals surface area (Å²) in [6.07, 6.45) is 3.82. The molecule has 0 saturated carbocycles. The predicted molar refractivity (Wildman–Crippen MR) is 96.1 cm³/mol. The van der Waals surface area contributed by atoms with Crippen LogP contribution in [0.3, 0.4) is 0 Å². The molecule has 0 amide bonds. The molecule has 0 aliphatic rings. The van der Waals surface area contributed by atoms with Crippen LogP contribution >= 0.6 is 0 Å². The second kappa shape index (κ2) is 6.07. The Bertz CT molecular complexity index is 868. The van der Waals surface area contributed by atoms with E-state index in [2.05, 4.69) is 43.3 Å². The maximum absolute atomic E-state index is 5.44. The molecule has 0 saturated heterocycles. The smallest absolute Gasteiger partial charge is 0.161 e. The Morgan fingerprint density at radius 1 is 1.08 bits per heavy atom. The molecule has 3 rings (SSSR count). The Morgan fingerprint density at radius 3 is 2.54 bits per heavy atom. The summed E-state index contributed by atoms with van der Waals surface area (Å²) in [6, 6.07) is 10.1. The van der Waals surface area contributed by atoms with Gasteiger partial charge in [-0.1, -0.05) is 6.07 Å². The van der Waals surface area contributed by atoms with E-state index < -0.39 is 0 Å². The van der Waals surface area contributed by atoms with Gasteiger partial charge < -0.3 is 14.8 Å². The summed E-state index contributed by atoms with van der Waals surface area (Å²) in [6.45, 7) is 6.36. The van der Waals surface area contributed by atoms with Crippen LogP contribution in [0, 0.1) is 6.92 Å². The van der Waals surface area contributed by atoms with Crippen molar-refractivity contribution in [2.45, 2.75) is 26.3 Å². The van der Waals surface area contributed by atoms with Crippen molar-refractivity contribution in [1.29, 1.82) is 0 Å². The average Bonchev–Trinajstić information content (AvgIpc) is 3.05. The highest BCUT2D eigenvalue weighted by molar-refractivity contribution is 5.75. The number of methoxy groups -OCH3 is 2. The lowest BCUT2D eigenvalue weighted by Crippen LogP contribution is -2.28. The molecular formula is C19H23N3O2. The number of rotatable bonds is 5. The highest BCUT2D eigenvalue weighted by Gasteiger charge is 2.24. The third-order valence-electron chi connectivity index (χ3n) is 4.30. The van der Waals surface area contributed by atoms with Crippen LogP contribution in [0.2, 0.25) is 0 Å². The number of anilines is 1. The van der Waals surface area contributed by atoms with Crippen LogP contribution in [0.5, 0.6) is 11.5 Å². The summed E-state index contributed by atoms with van der Waals surface area (Å²) in [4.78, 5) is 0. The average molecular weight is 325 g/mol. The molecule has 0 radical (unpaired) electrons. The van der Waals surface area contributed by atoms with Gasteiger partial charge in [-0.25, -0.2) is 4.52 Å². The molecule has 0 spiro atoms. The van der Waals surface area contributed by atoms with Crippen LogP contribution in [0.15, 0.2) is 42.7 Å². The molecule has 0 bridgehead atoms. The quantitative estimate of drug-likeness (QED) is 0.770. The van der Waals surface area contributed by atoms with E-state index in [4.69, 9.17) is 9.47 Å². The summed E-state index contributed by atoms with van der Waals surface area (Å²) < 4.78 is 12.6. The molecule has 3 aromatic rings. The van der Waals surface area contributed by atoms with Gasteiger partial charge in [0.2, 0.25) is 0 Å². The van der Waals surface area contributed by atoms with Gasteiger partial charge in [0.15, 0.2) is 11.5 Å². The zero-order chi connectivity index (χ0) is 17.3. The number of ether oxygens (including phenoxy) is 2.